The summed E-state index contributed by atoms with van der Waals surface area (Å²) in [7, 11) is 0. The number of nitrogens with one attached hydrogen (secondary N) is 2. The Kier molecular flexibility index (Phi) is 4.53. The molecule has 1 aliphatic rings. The zero-order chi connectivity index (χ0) is 15.4. The highest BCUT2D eigenvalue weighted by Crippen LogP contribution is 2.21. The van der Waals surface area contributed by atoms with Crippen LogP contribution in [0.15, 0.2) is 36.5 Å². The lowest BCUT2D eigenvalue weighted by molar-refractivity contribution is 0.402. The normalized spacial score (nSPS) is 21.4. The molecule has 1 aliphatic carbocycles. The summed E-state index contributed by atoms with van der Waals surface area (Å²) in [6.45, 7) is 2.07. The number of nitrogens with zero attached hydrogens (tertiary/aromatic N) is 2. The van der Waals surface area contributed by atoms with Gasteiger partial charge in [0.1, 0.15) is 5.82 Å². The minimum absolute atomic E-state index is 0.186. The molecule has 0 amide bonds. The Morgan fingerprint density at radius 2 is 2.05 bits per heavy atom. The van der Waals surface area contributed by atoms with Crippen molar-refractivity contribution in [3.05, 3.63) is 42.1 Å². The van der Waals surface area contributed by atoms with Gasteiger partial charge in [0.05, 0.1) is 0 Å². The SMILES string of the molecule is Cc1cccc(Nc2ccnc(N[C@@H]3CCCC[C@@H]3N)n2)c1. The second-order valence-corrected chi connectivity index (χ2v) is 5.96. The summed E-state index contributed by atoms with van der Waals surface area (Å²) >= 11 is 0. The van der Waals surface area contributed by atoms with Gasteiger partial charge in [0.15, 0.2) is 0 Å². The zero-order valence-corrected chi connectivity index (χ0v) is 12.9. The molecular formula is C17H23N5. The highest BCUT2D eigenvalue weighted by Gasteiger charge is 2.22. The third-order valence-electron chi connectivity index (χ3n) is 4.08. The third kappa shape index (κ3) is 3.74. The lowest BCUT2D eigenvalue weighted by Gasteiger charge is -2.29. The van der Waals surface area contributed by atoms with Crippen LogP contribution in [0.3, 0.4) is 0 Å². The van der Waals surface area contributed by atoms with Gasteiger partial charge >= 0.3 is 0 Å². The van der Waals surface area contributed by atoms with E-state index in [4.69, 9.17) is 5.73 Å². The molecule has 3 rings (SSSR count). The second-order valence-electron chi connectivity index (χ2n) is 5.96. The summed E-state index contributed by atoms with van der Waals surface area (Å²) in [4.78, 5) is 8.85. The maximum atomic E-state index is 6.17. The monoisotopic (exact) mass is 297 g/mol. The number of rotatable bonds is 4. The average molecular weight is 297 g/mol. The van der Waals surface area contributed by atoms with Gasteiger partial charge in [0, 0.05) is 24.0 Å². The van der Waals surface area contributed by atoms with E-state index < -0.39 is 0 Å². The first kappa shape index (κ1) is 14.8. The Labute approximate surface area is 131 Å². The van der Waals surface area contributed by atoms with Crippen molar-refractivity contribution in [2.24, 2.45) is 5.73 Å². The number of aryl methyl sites for hydroxylation is 1. The van der Waals surface area contributed by atoms with Crippen LogP contribution >= 0.6 is 0 Å². The number of aromatic nitrogens is 2. The van der Waals surface area contributed by atoms with Crippen LogP contribution in [-0.2, 0) is 0 Å². The van der Waals surface area contributed by atoms with Gasteiger partial charge in [-0.25, -0.2) is 4.98 Å². The van der Waals surface area contributed by atoms with Crippen LogP contribution in [0.2, 0.25) is 0 Å². The van der Waals surface area contributed by atoms with E-state index in [0.717, 1.165) is 24.3 Å². The van der Waals surface area contributed by atoms with E-state index in [1.165, 1.54) is 18.4 Å². The number of nitrogens with two attached hydrogens (primary N) is 1. The van der Waals surface area contributed by atoms with Crippen molar-refractivity contribution in [1.82, 2.24) is 9.97 Å². The fourth-order valence-electron chi connectivity index (χ4n) is 2.87. The molecule has 2 aromatic rings. The fourth-order valence-corrected chi connectivity index (χ4v) is 2.87. The van der Waals surface area contributed by atoms with Crippen molar-refractivity contribution in [1.29, 1.82) is 0 Å². The lowest BCUT2D eigenvalue weighted by Crippen LogP contribution is -2.42. The number of benzene rings is 1. The van der Waals surface area contributed by atoms with Gasteiger partial charge in [0.25, 0.3) is 0 Å². The summed E-state index contributed by atoms with van der Waals surface area (Å²) in [5.41, 5.74) is 8.41. The summed E-state index contributed by atoms with van der Waals surface area (Å²) in [5, 5.41) is 6.69. The molecule has 0 bridgehead atoms. The predicted octanol–water partition coefficient (Wildman–Crippen LogP) is 3.21. The van der Waals surface area contributed by atoms with Gasteiger partial charge in [-0.3, -0.25) is 0 Å². The Bertz CT molecular complexity index is 628. The largest absolute Gasteiger partial charge is 0.350 e. The van der Waals surface area contributed by atoms with Gasteiger partial charge in [-0.2, -0.15) is 4.98 Å². The second kappa shape index (κ2) is 6.75. The molecule has 1 aromatic heterocycles. The molecule has 1 heterocycles. The minimum Gasteiger partial charge on any atom is -0.350 e. The average Bonchev–Trinajstić information content (AvgIpc) is 2.50. The highest BCUT2D eigenvalue weighted by molar-refractivity contribution is 5.57. The van der Waals surface area contributed by atoms with Crippen LogP contribution in [0.25, 0.3) is 0 Å². The van der Waals surface area contributed by atoms with E-state index >= 15 is 0 Å². The Balaban J connectivity index is 1.69. The molecule has 1 aromatic carbocycles. The standard InChI is InChI=1S/C17H23N5/c1-12-5-4-6-13(11-12)20-16-9-10-19-17(22-16)21-15-8-3-2-7-14(15)18/h4-6,9-11,14-15H,2-3,7-8,18H2,1H3,(H2,19,20,21,22)/t14-,15+/m0/s1. The van der Waals surface area contributed by atoms with Gasteiger partial charge in [-0.15, -0.1) is 0 Å². The molecular weight excluding hydrogens is 274 g/mol. The molecule has 5 heteroatoms. The summed E-state index contributed by atoms with van der Waals surface area (Å²) in [6, 6.07) is 10.5. The molecule has 0 saturated heterocycles. The van der Waals surface area contributed by atoms with E-state index in [-0.39, 0.29) is 12.1 Å². The number of hydrogen-bond acceptors (Lipinski definition) is 5. The van der Waals surface area contributed by atoms with Crippen LogP contribution in [0.5, 0.6) is 0 Å². The third-order valence-corrected chi connectivity index (χ3v) is 4.08. The maximum Gasteiger partial charge on any atom is 0.224 e. The summed E-state index contributed by atoms with van der Waals surface area (Å²) < 4.78 is 0. The Morgan fingerprint density at radius 3 is 2.86 bits per heavy atom. The predicted molar refractivity (Wildman–Crippen MR) is 90.3 cm³/mol. The Morgan fingerprint density at radius 1 is 1.18 bits per heavy atom. The van der Waals surface area contributed by atoms with Crippen molar-refractivity contribution in [2.45, 2.75) is 44.7 Å². The topological polar surface area (TPSA) is 75.9 Å². The van der Waals surface area contributed by atoms with Gasteiger partial charge < -0.3 is 16.4 Å². The molecule has 22 heavy (non-hydrogen) atoms. The van der Waals surface area contributed by atoms with Crippen molar-refractivity contribution in [2.75, 3.05) is 10.6 Å². The van der Waals surface area contributed by atoms with Crippen molar-refractivity contribution in [3.63, 3.8) is 0 Å². The molecule has 0 aliphatic heterocycles. The fraction of sp³-hybridized carbons (Fsp3) is 0.412. The van der Waals surface area contributed by atoms with Gasteiger partial charge in [-0.05, 0) is 43.5 Å². The molecule has 4 N–H and O–H groups in total. The van der Waals surface area contributed by atoms with Crippen LogP contribution in [-0.4, -0.2) is 22.1 Å². The smallest absolute Gasteiger partial charge is 0.224 e. The van der Waals surface area contributed by atoms with E-state index in [0.29, 0.717) is 5.95 Å². The Hall–Kier alpha value is -2.14. The van der Waals surface area contributed by atoms with E-state index in [9.17, 15) is 0 Å². The highest BCUT2D eigenvalue weighted by atomic mass is 15.2. The van der Waals surface area contributed by atoms with E-state index in [2.05, 4.69) is 39.7 Å². The number of hydrogen-bond donors (Lipinski definition) is 3. The molecule has 116 valence electrons. The molecule has 2 atom stereocenters. The van der Waals surface area contributed by atoms with Crippen molar-refractivity contribution >= 4 is 17.5 Å². The maximum absolute atomic E-state index is 6.17. The van der Waals surface area contributed by atoms with E-state index in [1.54, 1.807) is 6.20 Å². The summed E-state index contributed by atoms with van der Waals surface area (Å²) in [6.07, 6.45) is 6.35. The van der Waals surface area contributed by atoms with Gasteiger partial charge in [-0.1, -0.05) is 25.0 Å². The molecule has 0 unspecified atom stereocenters. The first-order valence-corrected chi connectivity index (χ1v) is 7.89. The molecule has 0 radical (unpaired) electrons. The van der Waals surface area contributed by atoms with E-state index in [1.807, 2.05) is 18.2 Å². The molecule has 1 saturated carbocycles. The summed E-state index contributed by atoms with van der Waals surface area (Å²) in [5.74, 6) is 1.42. The minimum atomic E-state index is 0.186. The first-order chi connectivity index (χ1) is 10.7. The zero-order valence-electron chi connectivity index (χ0n) is 12.9. The lowest BCUT2D eigenvalue weighted by atomic mass is 9.91. The van der Waals surface area contributed by atoms with Crippen LogP contribution < -0.4 is 16.4 Å². The van der Waals surface area contributed by atoms with Crippen LogP contribution in [0.1, 0.15) is 31.2 Å². The van der Waals surface area contributed by atoms with Crippen LogP contribution in [0, 0.1) is 6.92 Å². The van der Waals surface area contributed by atoms with Crippen molar-refractivity contribution < 1.29 is 0 Å². The number of anilines is 3. The molecule has 5 nitrogen and oxygen atoms in total. The van der Waals surface area contributed by atoms with Crippen LogP contribution in [0.4, 0.5) is 17.5 Å². The van der Waals surface area contributed by atoms with Crippen molar-refractivity contribution in [3.8, 4) is 0 Å². The quantitative estimate of drug-likeness (QED) is 0.808. The molecule has 1 fully saturated rings. The molecule has 0 spiro atoms. The first-order valence-electron chi connectivity index (χ1n) is 7.89. The van der Waals surface area contributed by atoms with Gasteiger partial charge in [0.2, 0.25) is 5.95 Å².